The first-order chi connectivity index (χ1) is 9.38. The predicted molar refractivity (Wildman–Crippen MR) is 69.4 cm³/mol. The van der Waals surface area contributed by atoms with Gasteiger partial charge in [-0.3, -0.25) is 4.79 Å². The molecule has 2 aliphatic rings. The van der Waals surface area contributed by atoms with E-state index in [0.29, 0.717) is 16.8 Å². The number of cyclic esters (lactones) is 1. The molecular formula is C12H12N2O5S. The number of anilines is 1. The minimum absolute atomic E-state index is 0.00229. The van der Waals surface area contributed by atoms with E-state index in [1.54, 1.807) is 18.2 Å². The Labute approximate surface area is 115 Å². The number of nitrogens with two attached hydrogens (primary N) is 1. The lowest BCUT2D eigenvalue weighted by Gasteiger charge is -2.18. The number of nitrogens with zero attached hydrogens (tertiary/aromatic N) is 1. The Hall–Kier alpha value is -1.93. The number of esters is 1. The van der Waals surface area contributed by atoms with Crippen LogP contribution < -0.4 is 10.0 Å². The SMILES string of the molecule is NS(=O)(=O)C1CC(=O)N(c2cccc3c2COC3=O)C1. The molecule has 0 spiro atoms. The first-order valence-electron chi connectivity index (χ1n) is 5.99. The van der Waals surface area contributed by atoms with Crippen LogP contribution in [0.5, 0.6) is 0 Å². The summed E-state index contributed by atoms with van der Waals surface area (Å²) in [6.45, 7) is 0.0937. The van der Waals surface area contributed by atoms with Crippen molar-refractivity contribution in [3.05, 3.63) is 29.3 Å². The van der Waals surface area contributed by atoms with Crippen molar-refractivity contribution in [2.75, 3.05) is 11.4 Å². The van der Waals surface area contributed by atoms with Crippen molar-refractivity contribution in [3.63, 3.8) is 0 Å². The van der Waals surface area contributed by atoms with Gasteiger partial charge in [-0.25, -0.2) is 18.4 Å². The maximum absolute atomic E-state index is 12.0. The van der Waals surface area contributed by atoms with Gasteiger partial charge >= 0.3 is 5.97 Å². The highest BCUT2D eigenvalue weighted by Gasteiger charge is 2.39. The second-order valence-corrected chi connectivity index (χ2v) is 6.64. The Morgan fingerprint density at radius 2 is 2.05 bits per heavy atom. The minimum atomic E-state index is -3.76. The van der Waals surface area contributed by atoms with Crippen LogP contribution in [0.1, 0.15) is 22.3 Å². The van der Waals surface area contributed by atoms with Crippen LogP contribution >= 0.6 is 0 Å². The fourth-order valence-electron chi connectivity index (χ4n) is 2.51. The van der Waals surface area contributed by atoms with Crippen molar-refractivity contribution in [2.24, 2.45) is 5.14 Å². The number of amides is 1. The van der Waals surface area contributed by atoms with Crippen LogP contribution in [0.15, 0.2) is 18.2 Å². The van der Waals surface area contributed by atoms with Crippen molar-refractivity contribution >= 4 is 27.6 Å². The normalized spacial score (nSPS) is 22.1. The average Bonchev–Trinajstić information content (AvgIpc) is 2.93. The van der Waals surface area contributed by atoms with Gasteiger partial charge in [0.05, 0.1) is 11.3 Å². The molecule has 0 aromatic heterocycles. The molecule has 0 aliphatic carbocycles. The zero-order chi connectivity index (χ0) is 14.5. The van der Waals surface area contributed by atoms with Crippen LogP contribution in [0.3, 0.4) is 0 Å². The predicted octanol–water partition coefficient (Wildman–Crippen LogP) is -0.249. The molecular weight excluding hydrogens is 284 g/mol. The molecule has 1 saturated heterocycles. The largest absolute Gasteiger partial charge is 0.457 e. The first-order valence-corrected chi connectivity index (χ1v) is 7.60. The van der Waals surface area contributed by atoms with E-state index in [2.05, 4.69) is 0 Å². The molecule has 2 N–H and O–H groups in total. The van der Waals surface area contributed by atoms with E-state index in [1.165, 1.54) is 4.90 Å². The number of sulfonamides is 1. The molecule has 1 fully saturated rings. The Morgan fingerprint density at radius 3 is 2.70 bits per heavy atom. The Bertz CT molecular complexity index is 713. The monoisotopic (exact) mass is 296 g/mol. The lowest BCUT2D eigenvalue weighted by atomic mass is 10.1. The summed E-state index contributed by atoms with van der Waals surface area (Å²) in [5.41, 5.74) is 1.54. The Kier molecular flexibility index (Phi) is 2.80. The molecule has 1 aromatic carbocycles. The molecule has 2 aliphatic heterocycles. The summed E-state index contributed by atoms with van der Waals surface area (Å²) in [6, 6.07) is 4.92. The van der Waals surface area contributed by atoms with Crippen molar-refractivity contribution < 1.29 is 22.7 Å². The lowest BCUT2D eigenvalue weighted by Crippen LogP contribution is -2.32. The number of rotatable bonds is 2. The lowest BCUT2D eigenvalue weighted by molar-refractivity contribution is -0.117. The number of ether oxygens (including phenoxy) is 1. The van der Waals surface area contributed by atoms with Crippen LogP contribution in [-0.2, 0) is 26.2 Å². The molecule has 8 heteroatoms. The molecule has 106 valence electrons. The van der Waals surface area contributed by atoms with Crippen LogP contribution in [0.4, 0.5) is 5.69 Å². The van der Waals surface area contributed by atoms with Crippen LogP contribution in [0.2, 0.25) is 0 Å². The highest BCUT2D eigenvalue weighted by molar-refractivity contribution is 7.89. The van der Waals surface area contributed by atoms with E-state index >= 15 is 0 Å². The molecule has 0 saturated carbocycles. The molecule has 7 nitrogen and oxygen atoms in total. The van der Waals surface area contributed by atoms with E-state index in [4.69, 9.17) is 9.88 Å². The second-order valence-electron chi connectivity index (χ2n) is 4.80. The van der Waals surface area contributed by atoms with Gasteiger partial charge < -0.3 is 9.64 Å². The molecule has 20 heavy (non-hydrogen) atoms. The summed E-state index contributed by atoms with van der Waals surface area (Å²) < 4.78 is 27.7. The van der Waals surface area contributed by atoms with Gasteiger partial charge in [0.15, 0.2) is 0 Å². The van der Waals surface area contributed by atoms with E-state index in [-0.39, 0.29) is 25.5 Å². The fourth-order valence-corrected chi connectivity index (χ4v) is 3.25. The number of primary sulfonamides is 1. The number of fused-ring (bicyclic) bond motifs is 1. The van der Waals surface area contributed by atoms with Gasteiger partial charge in [0.2, 0.25) is 15.9 Å². The maximum atomic E-state index is 12.0. The van der Waals surface area contributed by atoms with Gasteiger partial charge in [0.1, 0.15) is 11.9 Å². The summed E-state index contributed by atoms with van der Waals surface area (Å²) in [6.07, 6.45) is -0.142. The van der Waals surface area contributed by atoms with Gasteiger partial charge in [-0.05, 0) is 12.1 Å². The summed E-state index contributed by atoms with van der Waals surface area (Å²) in [5, 5.41) is 4.18. The topological polar surface area (TPSA) is 107 Å². The smallest absolute Gasteiger partial charge is 0.338 e. The van der Waals surface area contributed by atoms with Gasteiger partial charge in [-0.15, -0.1) is 0 Å². The number of hydrogen-bond acceptors (Lipinski definition) is 5. The van der Waals surface area contributed by atoms with Crippen LogP contribution in [0, 0.1) is 0 Å². The molecule has 2 heterocycles. The van der Waals surface area contributed by atoms with Crippen molar-refractivity contribution in [3.8, 4) is 0 Å². The summed E-state index contributed by atoms with van der Waals surface area (Å²) in [4.78, 5) is 24.8. The van der Waals surface area contributed by atoms with E-state index < -0.39 is 21.2 Å². The van der Waals surface area contributed by atoms with Gasteiger partial charge in [-0.2, -0.15) is 0 Å². The third kappa shape index (κ3) is 1.97. The van der Waals surface area contributed by atoms with Crippen LogP contribution in [-0.4, -0.2) is 32.1 Å². The molecule has 0 bridgehead atoms. The van der Waals surface area contributed by atoms with Gasteiger partial charge in [0.25, 0.3) is 0 Å². The Morgan fingerprint density at radius 1 is 1.30 bits per heavy atom. The molecule has 1 unspecified atom stereocenters. The highest BCUT2D eigenvalue weighted by Crippen LogP contribution is 2.33. The first kappa shape index (κ1) is 13.1. The fraction of sp³-hybridized carbons (Fsp3) is 0.333. The van der Waals surface area contributed by atoms with Crippen LogP contribution in [0.25, 0.3) is 0 Å². The quantitative estimate of drug-likeness (QED) is 0.757. The van der Waals surface area contributed by atoms with Crippen molar-refractivity contribution in [1.82, 2.24) is 0 Å². The third-order valence-electron chi connectivity index (χ3n) is 3.56. The van der Waals surface area contributed by atoms with Crippen molar-refractivity contribution in [2.45, 2.75) is 18.3 Å². The highest BCUT2D eigenvalue weighted by atomic mass is 32.2. The Balaban J connectivity index is 2.00. The second kappa shape index (κ2) is 4.29. The molecule has 1 atom stereocenters. The number of carbonyl (C=O) groups is 2. The summed E-state index contributed by atoms with van der Waals surface area (Å²) in [7, 11) is -3.76. The maximum Gasteiger partial charge on any atom is 0.338 e. The molecule has 0 radical (unpaired) electrons. The number of hydrogen-bond donors (Lipinski definition) is 1. The molecule has 3 rings (SSSR count). The number of carbonyl (C=O) groups excluding carboxylic acids is 2. The summed E-state index contributed by atoms with van der Waals surface area (Å²) >= 11 is 0. The van der Waals surface area contributed by atoms with Crippen molar-refractivity contribution in [1.29, 1.82) is 0 Å². The average molecular weight is 296 g/mol. The van der Waals surface area contributed by atoms with Gasteiger partial charge in [0, 0.05) is 18.5 Å². The van der Waals surface area contributed by atoms with E-state index in [1.807, 2.05) is 0 Å². The molecule has 1 aromatic rings. The van der Waals surface area contributed by atoms with Gasteiger partial charge in [-0.1, -0.05) is 6.07 Å². The van der Waals surface area contributed by atoms with E-state index in [9.17, 15) is 18.0 Å². The molecule has 1 amide bonds. The zero-order valence-electron chi connectivity index (χ0n) is 10.4. The summed E-state index contributed by atoms with van der Waals surface area (Å²) in [5.74, 6) is -0.756. The standard InChI is InChI=1S/C12H12N2O5S/c13-20(17,18)7-4-11(15)14(5-7)10-3-1-2-8-9(10)6-19-12(8)16/h1-3,7H,4-6H2,(H2,13,17,18). The van der Waals surface area contributed by atoms with E-state index in [0.717, 1.165) is 0 Å². The number of benzene rings is 1. The third-order valence-corrected chi connectivity index (χ3v) is 4.81. The minimum Gasteiger partial charge on any atom is -0.457 e. The zero-order valence-corrected chi connectivity index (χ0v) is 11.2.